The van der Waals surface area contributed by atoms with Crippen LogP contribution in [0, 0.1) is 0 Å². The third-order valence-electron chi connectivity index (χ3n) is 4.24. The Kier molecular flexibility index (Phi) is 5.23. The van der Waals surface area contributed by atoms with Gasteiger partial charge in [-0.05, 0) is 37.9 Å². The molecule has 0 aliphatic carbocycles. The second-order valence-corrected chi connectivity index (χ2v) is 8.27. The largest absolute Gasteiger partial charge is 0.461 e. The zero-order valence-corrected chi connectivity index (χ0v) is 14.8. The number of nitrogens with zero attached hydrogens (tertiary/aromatic N) is 3. The third-order valence-corrected chi connectivity index (χ3v) is 4.91. The molecular formula is C15H22N4O5S. The summed E-state index contributed by atoms with van der Waals surface area (Å²) in [6.45, 7) is 1.88. The van der Waals surface area contributed by atoms with Gasteiger partial charge in [-0.3, -0.25) is 4.90 Å². The highest BCUT2D eigenvalue weighted by Crippen LogP contribution is 2.23. The first-order valence-corrected chi connectivity index (χ1v) is 9.98. The first kappa shape index (κ1) is 18.1. The van der Waals surface area contributed by atoms with Crippen LogP contribution in [0.2, 0.25) is 0 Å². The summed E-state index contributed by atoms with van der Waals surface area (Å²) in [5.74, 6) is 1.43. The van der Waals surface area contributed by atoms with Crippen molar-refractivity contribution in [2.45, 2.75) is 31.4 Å². The van der Waals surface area contributed by atoms with Gasteiger partial charge in [0.2, 0.25) is 21.7 Å². The Balaban J connectivity index is 1.56. The number of furan rings is 1. The first-order chi connectivity index (χ1) is 11.8. The lowest BCUT2D eigenvalue weighted by Gasteiger charge is -2.26. The molecular weight excluding hydrogens is 348 g/mol. The molecule has 1 fully saturated rings. The van der Waals surface area contributed by atoms with E-state index in [1.807, 2.05) is 0 Å². The Morgan fingerprint density at radius 3 is 2.96 bits per heavy atom. The standard InChI is InChI=1S/C15H22N4O5S/c1-25(21,22)16-11-15(20)5-3-7-19(8-6-15)10-13-17-14(18-24-13)12-4-2-9-23-12/h2,4,9,16,20H,3,5-8,10-11H2,1H3. The maximum Gasteiger partial charge on any atom is 0.241 e. The predicted octanol–water partition coefficient (Wildman–Crippen LogP) is 0.596. The summed E-state index contributed by atoms with van der Waals surface area (Å²) in [6, 6.07) is 3.51. The van der Waals surface area contributed by atoms with Gasteiger partial charge in [-0.15, -0.1) is 0 Å². The highest BCUT2D eigenvalue weighted by Gasteiger charge is 2.31. The van der Waals surface area contributed by atoms with Crippen LogP contribution in [0.25, 0.3) is 11.6 Å². The minimum atomic E-state index is -3.32. The van der Waals surface area contributed by atoms with Crippen LogP contribution in [-0.4, -0.2) is 60.1 Å². The first-order valence-electron chi connectivity index (χ1n) is 8.09. The van der Waals surface area contributed by atoms with Crippen molar-refractivity contribution < 1.29 is 22.5 Å². The van der Waals surface area contributed by atoms with Crippen molar-refractivity contribution in [3.05, 3.63) is 24.3 Å². The molecule has 9 nitrogen and oxygen atoms in total. The van der Waals surface area contributed by atoms with E-state index in [1.54, 1.807) is 18.4 Å². The van der Waals surface area contributed by atoms with E-state index < -0.39 is 15.6 Å². The van der Waals surface area contributed by atoms with E-state index in [0.717, 1.165) is 19.2 Å². The molecule has 0 radical (unpaired) electrons. The number of aromatic nitrogens is 2. The Bertz CT molecular complexity index is 789. The molecule has 1 unspecified atom stereocenters. The molecule has 0 amide bonds. The summed E-state index contributed by atoms with van der Waals surface area (Å²) in [5.41, 5.74) is -1.04. The average Bonchev–Trinajstić information content (AvgIpc) is 3.18. The minimum absolute atomic E-state index is 0.0306. The molecule has 1 atom stereocenters. The molecule has 2 aromatic rings. The molecule has 0 saturated carbocycles. The van der Waals surface area contributed by atoms with E-state index in [1.165, 1.54) is 0 Å². The summed E-state index contributed by atoms with van der Waals surface area (Å²) in [4.78, 5) is 6.42. The number of likely N-dealkylation sites (tertiary alicyclic amines) is 1. The highest BCUT2D eigenvalue weighted by molar-refractivity contribution is 7.88. The molecule has 1 aliphatic rings. The molecule has 25 heavy (non-hydrogen) atoms. The smallest absolute Gasteiger partial charge is 0.241 e. The van der Waals surface area contributed by atoms with E-state index in [-0.39, 0.29) is 6.54 Å². The van der Waals surface area contributed by atoms with E-state index in [2.05, 4.69) is 19.8 Å². The van der Waals surface area contributed by atoms with Crippen LogP contribution in [0.4, 0.5) is 0 Å². The van der Waals surface area contributed by atoms with Crippen LogP contribution >= 0.6 is 0 Å². The summed E-state index contributed by atoms with van der Waals surface area (Å²) >= 11 is 0. The third kappa shape index (κ3) is 5.11. The van der Waals surface area contributed by atoms with E-state index in [4.69, 9.17) is 8.94 Å². The predicted molar refractivity (Wildman–Crippen MR) is 88.9 cm³/mol. The SMILES string of the molecule is CS(=O)(=O)NCC1(O)CCCN(Cc2nc(-c3ccco3)no2)CC1. The van der Waals surface area contributed by atoms with Crippen LogP contribution in [0.3, 0.4) is 0 Å². The van der Waals surface area contributed by atoms with Gasteiger partial charge in [-0.2, -0.15) is 4.98 Å². The monoisotopic (exact) mass is 370 g/mol. The molecule has 0 bridgehead atoms. The lowest BCUT2D eigenvalue weighted by Crippen LogP contribution is -2.43. The Labute approximate surface area is 146 Å². The van der Waals surface area contributed by atoms with E-state index in [9.17, 15) is 13.5 Å². The Hall–Kier alpha value is -1.75. The number of nitrogens with one attached hydrogen (secondary N) is 1. The fourth-order valence-corrected chi connectivity index (χ4v) is 3.38. The highest BCUT2D eigenvalue weighted by atomic mass is 32.2. The molecule has 2 aromatic heterocycles. The molecule has 138 valence electrons. The van der Waals surface area contributed by atoms with Crippen molar-refractivity contribution in [3.63, 3.8) is 0 Å². The van der Waals surface area contributed by atoms with Gasteiger partial charge in [0.25, 0.3) is 0 Å². The van der Waals surface area contributed by atoms with Crippen molar-refractivity contribution in [2.75, 3.05) is 25.9 Å². The van der Waals surface area contributed by atoms with Gasteiger partial charge in [0.05, 0.1) is 24.7 Å². The van der Waals surface area contributed by atoms with Crippen molar-refractivity contribution in [3.8, 4) is 11.6 Å². The van der Waals surface area contributed by atoms with Crippen LogP contribution in [0.5, 0.6) is 0 Å². The quantitative estimate of drug-likeness (QED) is 0.758. The normalized spacial score (nSPS) is 22.8. The molecule has 1 saturated heterocycles. The Morgan fingerprint density at radius 1 is 1.40 bits per heavy atom. The fourth-order valence-electron chi connectivity index (χ4n) is 2.85. The number of sulfonamides is 1. The van der Waals surface area contributed by atoms with Crippen LogP contribution in [0.1, 0.15) is 25.2 Å². The number of hydrogen-bond donors (Lipinski definition) is 2. The second-order valence-electron chi connectivity index (χ2n) is 6.44. The fraction of sp³-hybridized carbons (Fsp3) is 0.600. The van der Waals surface area contributed by atoms with E-state index in [0.29, 0.717) is 43.4 Å². The number of hydrogen-bond acceptors (Lipinski definition) is 8. The van der Waals surface area contributed by atoms with Gasteiger partial charge in [-0.25, -0.2) is 13.1 Å². The van der Waals surface area contributed by atoms with Crippen LogP contribution in [0.15, 0.2) is 27.3 Å². The topological polar surface area (TPSA) is 122 Å². The molecule has 3 rings (SSSR count). The van der Waals surface area contributed by atoms with Crippen molar-refractivity contribution in [2.24, 2.45) is 0 Å². The molecule has 2 N–H and O–H groups in total. The summed E-state index contributed by atoms with van der Waals surface area (Å²) < 4.78 is 35.4. The van der Waals surface area contributed by atoms with Crippen LogP contribution in [-0.2, 0) is 16.6 Å². The zero-order valence-electron chi connectivity index (χ0n) is 14.0. The molecule has 10 heteroatoms. The Morgan fingerprint density at radius 2 is 2.24 bits per heavy atom. The van der Waals surface area contributed by atoms with E-state index >= 15 is 0 Å². The van der Waals surface area contributed by atoms with Crippen LogP contribution < -0.4 is 4.72 Å². The van der Waals surface area contributed by atoms with Gasteiger partial charge in [-0.1, -0.05) is 5.16 Å². The summed E-state index contributed by atoms with van der Waals surface area (Å²) in [6.07, 6.45) is 4.39. The van der Waals surface area contributed by atoms with Crippen molar-refractivity contribution >= 4 is 10.0 Å². The second kappa shape index (κ2) is 7.24. The number of rotatable bonds is 6. The maximum atomic E-state index is 11.2. The van der Waals surface area contributed by atoms with Gasteiger partial charge < -0.3 is 14.0 Å². The zero-order chi connectivity index (χ0) is 17.9. The summed E-state index contributed by atoms with van der Waals surface area (Å²) in [5, 5.41) is 14.5. The van der Waals surface area contributed by atoms with Gasteiger partial charge in [0.1, 0.15) is 0 Å². The van der Waals surface area contributed by atoms with Crippen molar-refractivity contribution in [1.82, 2.24) is 19.8 Å². The van der Waals surface area contributed by atoms with Gasteiger partial charge in [0, 0.05) is 13.1 Å². The number of aliphatic hydroxyl groups is 1. The molecule has 1 aliphatic heterocycles. The minimum Gasteiger partial charge on any atom is -0.461 e. The molecule has 0 aromatic carbocycles. The molecule has 3 heterocycles. The van der Waals surface area contributed by atoms with Crippen molar-refractivity contribution in [1.29, 1.82) is 0 Å². The molecule has 0 spiro atoms. The van der Waals surface area contributed by atoms with Gasteiger partial charge >= 0.3 is 0 Å². The van der Waals surface area contributed by atoms with Gasteiger partial charge in [0.15, 0.2) is 5.76 Å². The lowest BCUT2D eigenvalue weighted by molar-refractivity contribution is 0.0302. The lowest BCUT2D eigenvalue weighted by atomic mass is 9.95. The maximum absolute atomic E-state index is 11.2. The summed E-state index contributed by atoms with van der Waals surface area (Å²) in [7, 11) is -3.32. The average molecular weight is 370 g/mol.